The lowest BCUT2D eigenvalue weighted by molar-refractivity contribution is 0.161. The van der Waals surface area contributed by atoms with Crippen LogP contribution in [0.25, 0.3) is 0 Å². The molecule has 1 aliphatic rings. The van der Waals surface area contributed by atoms with Crippen LogP contribution in [-0.4, -0.2) is 30.6 Å². The highest BCUT2D eigenvalue weighted by molar-refractivity contribution is 5.70. The molecule has 0 aromatic heterocycles. The fourth-order valence-electron chi connectivity index (χ4n) is 2.12. The lowest BCUT2D eigenvalue weighted by atomic mass is 10.1. The molecule has 0 aliphatic carbocycles. The van der Waals surface area contributed by atoms with Crippen molar-refractivity contribution in [2.75, 3.05) is 19.6 Å². The summed E-state index contributed by atoms with van der Waals surface area (Å²) in [6, 6.07) is 9.16. The molecule has 1 amide bonds. The van der Waals surface area contributed by atoms with E-state index in [-0.39, 0.29) is 6.09 Å². The van der Waals surface area contributed by atoms with Gasteiger partial charge in [-0.1, -0.05) is 18.2 Å². The Morgan fingerprint density at radius 1 is 1.41 bits per heavy atom. The molecule has 1 aliphatic heterocycles. The largest absolute Gasteiger partial charge is 0.415 e. The Morgan fingerprint density at radius 2 is 2.18 bits per heavy atom. The topological polar surface area (TPSA) is 55.6 Å². The highest BCUT2D eigenvalue weighted by atomic mass is 16.6. The van der Waals surface area contributed by atoms with Gasteiger partial charge in [0.2, 0.25) is 0 Å². The Labute approximate surface area is 101 Å². The third-order valence-corrected chi connectivity index (χ3v) is 3.07. The van der Waals surface area contributed by atoms with E-state index in [4.69, 9.17) is 10.5 Å². The molecule has 17 heavy (non-hydrogen) atoms. The summed E-state index contributed by atoms with van der Waals surface area (Å²) in [5.74, 6) is 1.13. The molecule has 4 heteroatoms. The number of hydrogen-bond acceptors (Lipinski definition) is 3. The zero-order chi connectivity index (χ0) is 12.1. The van der Waals surface area contributed by atoms with Crippen molar-refractivity contribution in [2.45, 2.75) is 12.8 Å². The number of para-hydroxylation sites is 1. The maximum atomic E-state index is 11.8. The Balaban J connectivity index is 1.85. The number of nitrogens with zero attached hydrogens (tertiary/aromatic N) is 1. The van der Waals surface area contributed by atoms with Crippen LogP contribution in [-0.2, 0) is 0 Å². The Bertz CT molecular complexity index is 367. The average Bonchev–Trinajstić information content (AvgIpc) is 2.79. The van der Waals surface area contributed by atoms with Crippen LogP contribution in [0.5, 0.6) is 5.75 Å². The first-order chi connectivity index (χ1) is 8.29. The van der Waals surface area contributed by atoms with E-state index in [9.17, 15) is 4.79 Å². The summed E-state index contributed by atoms with van der Waals surface area (Å²) < 4.78 is 5.28. The molecule has 1 atom stereocenters. The molecule has 1 aromatic rings. The van der Waals surface area contributed by atoms with Gasteiger partial charge in [0.25, 0.3) is 0 Å². The number of amides is 1. The van der Waals surface area contributed by atoms with E-state index in [0.717, 1.165) is 25.9 Å². The maximum Gasteiger partial charge on any atom is 0.415 e. The first kappa shape index (κ1) is 11.9. The van der Waals surface area contributed by atoms with E-state index in [1.165, 1.54) is 0 Å². The fourth-order valence-corrected chi connectivity index (χ4v) is 2.12. The molecule has 4 nitrogen and oxygen atoms in total. The Kier molecular flexibility index (Phi) is 3.98. The first-order valence-corrected chi connectivity index (χ1v) is 6.01. The van der Waals surface area contributed by atoms with Gasteiger partial charge in [-0.3, -0.25) is 0 Å². The van der Waals surface area contributed by atoms with Gasteiger partial charge in [-0.15, -0.1) is 0 Å². The molecule has 1 heterocycles. The molecule has 1 unspecified atom stereocenters. The highest BCUT2D eigenvalue weighted by Gasteiger charge is 2.26. The van der Waals surface area contributed by atoms with Crippen molar-refractivity contribution in [3.05, 3.63) is 30.3 Å². The van der Waals surface area contributed by atoms with E-state index in [1.807, 2.05) is 18.2 Å². The lowest BCUT2D eigenvalue weighted by Gasteiger charge is -2.15. The second-order valence-electron chi connectivity index (χ2n) is 4.36. The van der Waals surface area contributed by atoms with Gasteiger partial charge in [0.1, 0.15) is 5.75 Å². The van der Waals surface area contributed by atoms with Gasteiger partial charge in [0.05, 0.1) is 0 Å². The molecule has 0 spiro atoms. The maximum absolute atomic E-state index is 11.8. The minimum absolute atomic E-state index is 0.254. The standard InChI is InChI=1S/C13H18N2O2/c14-8-6-11-7-9-15(10-11)13(16)17-12-4-2-1-3-5-12/h1-5,11H,6-10,14H2. The summed E-state index contributed by atoms with van der Waals surface area (Å²) in [6.45, 7) is 2.23. The number of ether oxygens (including phenoxy) is 1. The van der Waals surface area contributed by atoms with Gasteiger partial charge >= 0.3 is 6.09 Å². The summed E-state index contributed by atoms with van der Waals surface area (Å²) in [5.41, 5.74) is 5.52. The van der Waals surface area contributed by atoms with Crippen molar-refractivity contribution in [1.29, 1.82) is 0 Å². The molecule has 1 aromatic carbocycles. The van der Waals surface area contributed by atoms with Gasteiger partial charge < -0.3 is 15.4 Å². The number of hydrogen-bond donors (Lipinski definition) is 1. The number of rotatable bonds is 3. The summed E-state index contributed by atoms with van der Waals surface area (Å²) >= 11 is 0. The first-order valence-electron chi connectivity index (χ1n) is 6.01. The van der Waals surface area contributed by atoms with Crippen LogP contribution in [0, 0.1) is 5.92 Å². The molecule has 0 bridgehead atoms. The van der Waals surface area contributed by atoms with Crippen LogP contribution in [0.15, 0.2) is 30.3 Å². The normalized spacial score (nSPS) is 19.4. The minimum atomic E-state index is -0.254. The zero-order valence-electron chi connectivity index (χ0n) is 9.84. The van der Waals surface area contributed by atoms with Crippen LogP contribution < -0.4 is 10.5 Å². The van der Waals surface area contributed by atoms with E-state index in [2.05, 4.69) is 0 Å². The highest BCUT2D eigenvalue weighted by Crippen LogP contribution is 2.20. The summed E-state index contributed by atoms with van der Waals surface area (Å²) in [7, 11) is 0. The molecular weight excluding hydrogens is 216 g/mol. The van der Waals surface area contributed by atoms with E-state index < -0.39 is 0 Å². The molecule has 92 valence electrons. The molecule has 1 fully saturated rings. The predicted octanol–water partition coefficient (Wildman–Crippen LogP) is 1.86. The van der Waals surface area contributed by atoms with Crippen LogP contribution in [0.1, 0.15) is 12.8 Å². The smallest absolute Gasteiger partial charge is 0.410 e. The summed E-state index contributed by atoms with van der Waals surface area (Å²) in [5, 5.41) is 0. The molecule has 0 saturated carbocycles. The predicted molar refractivity (Wildman–Crippen MR) is 65.8 cm³/mol. The van der Waals surface area contributed by atoms with Crippen molar-refractivity contribution in [3.63, 3.8) is 0 Å². The van der Waals surface area contributed by atoms with E-state index >= 15 is 0 Å². The summed E-state index contributed by atoms with van der Waals surface area (Å²) in [6.07, 6.45) is 1.76. The second kappa shape index (κ2) is 5.68. The number of benzene rings is 1. The van der Waals surface area contributed by atoms with E-state index in [0.29, 0.717) is 18.2 Å². The van der Waals surface area contributed by atoms with Gasteiger partial charge in [-0.25, -0.2) is 4.79 Å². The van der Waals surface area contributed by atoms with Crippen LogP contribution in [0.4, 0.5) is 4.79 Å². The van der Waals surface area contributed by atoms with Crippen molar-refractivity contribution in [1.82, 2.24) is 4.90 Å². The zero-order valence-corrected chi connectivity index (χ0v) is 9.84. The Morgan fingerprint density at radius 3 is 2.88 bits per heavy atom. The minimum Gasteiger partial charge on any atom is -0.410 e. The van der Waals surface area contributed by atoms with Crippen LogP contribution in [0.2, 0.25) is 0 Å². The Hall–Kier alpha value is -1.55. The lowest BCUT2D eigenvalue weighted by Crippen LogP contribution is -2.31. The molecule has 1 saturated heterocycles. The van der Waals surface area contributed by atoms with Crippen molar-refractivity contribution in [3.8, 4) is 5.75 Å². The quantitative estimate of drug-likeness (QED) is 0.868. The second-order valence-corrected chi connectivity index (χ2v) is 4.36. The third kappa shape index (κ3) is 3.20. The van der Waals surface area contributed by atoms with E-state index in [1.54, 1.807) is 17.0 Å². The number of likely N-dealkylation sites (tertiary alicyclic amines) is 1. The molecule has 2 N–H and O–H groups in total. The van der Waals surface area contributed by atoms with Gasteiger partial charge in [0, 0.05) is 13.1 Å². The fraction of sp³-hybridized carbons (Fsp3) is 0.462. The summed E-state index contributed by atoms with van der Waals surface area (Å²) in [4.78, 5) is 13.6. The van der Waals surface area contributed by atoms with Crippen LogP contribution >= 0.6 is 0 Å². The third-order valence-electron chi connectivity index (χ3n) is 3.07. The van der Waals surface area contributed by atoms with Crippen molar-refractivity contribution in [2.24, 2.45) is 11.7 Å². The number of nitrogens with two attached hydrogens (primary N) is 1. The van der Waals surface area contributed by atoms with Gasteiger partial charge in [0.15, 0.2) is 0 Å². The number of carbonyl (C=O) groups is 1. The monoisotopic (exact) mass is 234 g/mol. The van der Waals surface area contributed by atoms with Gasteiger partial charge in [-0.2, -0.15) is 0 Å². The molecule has 0 radical (unpaired) electrons. The average molecular weight is 234 g/mol. The van der Waals surface area contributed by atoms with Crippen molar-refractivity contribution < 1.29 is 9.53 Å². The van der Waals surface area contributed by atoms with Gasteiger partial charge in [-0.05, 0) is 37.4 Å². The number of carbonyl (C=O) groups excluding carboxylic acids is 1. The van der Waals surface area contributed by atoms with Crippen LogP contribution in [0.3, 0.4) is 0 Å². The van der Waals surface area contributed by atoms with Crippen molar-refractivity contribution >= 4 is 6.09 Å². The molecular formula is C13H18N2O2. The SMILES string of the molecule is NCCC1CCN(C(=O)Oc2ccccc2)C1. The molecule has 2 rings (SSSR count).